The Morgan fingerprint density at radius 3 is 2.60 bits per heavy atom. The van der Waals surface area contributed by atoms with Crippen molar-refractivity contribution in [3.05, 3.63) is 76.8 Å². The zero-order valence-corrected chi connectivity index (χ0v) is 14.8. The SMILES string of the molecule is OCCCNCc1c(OCc2ccccc2Cl)ccc2ccccc12. The van der Waals surface area contributed by atoms with E-state index in [-0.39, 0.29) is 6.61 Å². The first-order valence-electron chi connectivity index (χ1n) is 8.48. The van der Waals surface area contributed by atoms with E-state index in [0.717, 1.165) is 29.8 Å². The van der Waals surface area contributed by atoms with Crippen LogP contribution in [0.1, 0.15) is 17.5 Å². The summed E-state index contributed by atoms with van der Waals surface area (Å²) in [6.07, 6.45) is 0.737. The highest BCUT2D eigenvalue weighted by Gasteiger charge is 2.10. The molecule has 0 heterocycles. The van der Waals surface area contributed by atoms with Gasteiger partial charge < -0.3 is 15.2 Å². The molecular formula is C21H22ClNO2. The Balaban J connectivity index is 1.84. The maximum atomic E-state index is 8.95. The molecule has 0 aliphatic rings. The Morgan fingerprint density at radius 1 is 0.960 bits per heavy atom. The highest BCUT2D eigenvalue weighted by atomic mass is 35.5. The maximum absolute atomic E-state index is 8.95. The summed E-state index contributed by atoms with van der Waals surface area (Å²) < 4.78 is 6.10. The highest BCUT2D eigenvalue weighted by Crippen LogP contribution is 2.29. The molecule has 0 fully saturated rings. The summed E-state index contributed by atoms with van der Waals surface area (Å²) in [6.45, 7) is 2.09. The zero-order valence-electron chi connectivity index (χ0n) is 14.0. The van der Waals surface area contributed by atoms with Gasteiger partial charge in [0.1, 0.15) is 12.4 Å². The molecule has 0 radical (unpaired) electrons. The zero-order chi connectivity index (χ0) is 17.5. The van der Waals surface area contributed by atoms with Crippen molar-refractivity contribution in [1.29, 1.82) is 0 Å². The number of aliphatic hydroxyl groups is 1. The fourth-order valence-electron chi connectivity index (χ4n) is 2.82. The van der Waals surface area contributed by atoms with Gasteiger partial charge in [-0.05, 0) is 35.9 Å². The molecule has 3 aromatic rings. The van der Waals surface area contributed by atoms with Crippen molar-refractivity contribution < 1.29 is 9.84 Å². The van der Waals surface area contributed by atoms with Crippen molar-refractivity contribution in [1.82, 2.24) is 5.32 Å². The lowest BCUT2D eigenvalue weighted by Gasteiger charge is -2.15. The van der Waals surface area contributed by atoms with E-state index in [4.69, 9.17) is 21.4 Å². The number of aliphatic hydroxyl groups excluding tert-OH is 1. The van der Waals surface area contributed by atoms with E-state index in [1.807, 2.05) is 42.5 Å². The summed E-state index contributed by atoms with van der Waals surface area (Å²) in [4.78, 5) is 0. The van der Waals surface area contributed by atoms with E-state index in [9.17, 15) is 0 Å². The Kier molecular flexibility index (Phi) is 6.29. The van der Waals surface area contributed by atoms with Gasteiger partial charge in [-0.3, -0.25) is 0 Å². The van der Waals surface area contributed by atoms with E-state index < -0.39 is 0 Å². The maximum Gasteiger partial charge on any atom is 0.124 e. The third-order valence-electron chi connectivity index (χ3n) is 4.15. The first-order chi connectivity index (χ1) is 12.3. The van der Waals surface area contributed by atoms with Gasteiger partial charge in [-0.1, -0.05) is 60.1 Å². The monoisotopic (exact) mass is 355 g/mol. The fourth-order valence-corrected chi connectivity index (χ4v) is 3.01. The minimum absolute atomic E-state index is 0.193. The molecule has 25 heavy (non-hydrogen) atoms. The second kappa shape index (κ2) is 8.86. The lowest BCUT2D eigenvalue weighted by Crippen LogP contribution is -2.16. The van der Waals surface area contributed by atoms with Crippen LogP contribution in [0, 0.1) is 0 Å². The van der Waals surface area contributed by atoms with E-state index in [2.05, 4.69) is 23.5 Å². The first kappa shape index (κ1) is 17.7. The van der Waals surface area contributed by atoms with Crippen LogP contribution in [-0.4, -0.2) is 18.3 Å². The van der Waals surface area contributed by atoms with Crippen LogP contribution in [0.2, 0.25) is 5.02 Å². The van der Waals surface area contributed by atoms with Gasteiger partial charge in [0.15, 0.2) is 0 Å². The van der Waals surface area contributed by atoms with Gasteiger partial charge in [0.2, 0.25) is 0 Å². The molecule has 3 nitrogen and oxygen atoms in total. The van der Waals surface area contributed by atoms with E-state index in [0.29, 0.717) is 18.2 Å². The molecule has 2 N–H and O–H groups in total. The van der Waals surface area contributed by atoms with Gasteiger partial charge in [-0.25, -0.2) is 0 Å². The average Bonchev–Trinajstić information content (AvgIpc) is 2.65. The normalized spacial score (nSPS) is 11.0. The Hall–Kier alpha value is -2.07. The largest absolute Gasteiger partial charge is 0.488 e. The van der Waals surface area contributed by atoms with Crippen molar-refractivity contribution in [2.45, 2.75) is 19.6 Å². The Morgan fingerprint density at radius 2 is 1.76 bits per heavy atom. The number of benzene rings is 3. The summed E-state index contributed by atoms with van der Waals surface area (Å²) in [5, 5.41) is 15.4. The van der Waals surface area contributed by atoms with Crippen LogP contribution in [0.25, 0.3) is 10.8 Å². The average molecular weight is 356 g/mol. The summed E-state index contributed by atoms with van der Waals surface area (Å²) >= 11 is 6.23. The predicted molar refractivity (Wildman–Crippen MR) is 103 cm³/mol. The molecule has 0 saturated heterocycles. The van der Waals surface area contributed by atoms with Gasteiger partial charge in [-0.2, -0.15) is 0 Å². The van der Waals surface area contributed by atoms with Crippen molar-refractivity contribution in [3.63, 3.8) is 0 Å². The number of hydrogen-bond donors (Lipinski definition) is 2. The molecule has 0 aliphatic heterocycles. The van der Waals surface area contributed by atoms with Gasteiger partial charge >= 0.3 is 0 Å². The van der Waals surface area contributed by atoms with E-state index >= 15 is 0 Å². The third-order valence-corrected chi connectivity index (χ3v) is 4.52. The molecule has 0 unspecified atom stereocenters. The summed E-state index contributed by atoms with van der Waals surface area (Å²) in [6, 6.07) is 20.1. The van der Waals surface area contributed by atoms with Gasteiger partial charge in [0.25, 0.3) is 0 Å². The second-order valence-electron chi connectivity index (χ2n) is 5.90. The molecule has 130 valence electrons. The summed E-state index contributed by atoms with van der Waals surface area (Å²) in [5.74, 6) is 0.857. The van der Waals surface area contributed by atoms with Crippen LogP contribution in [0.5, 0.6) is 5.75 Å². The van der Waals surface area contributed by atoms with Crippen molar-refractivity contribution >= 4 is 22.4 Å². The smallest absolute Gasteiger partial charge is 0.124 e. The molecule has 0 amide bonds. The first-order valence-corrected chi connectivity index (χ1v) is 8.86. The lowest BCUT2D eigenvalue weighted by atomic mass is 10.0. The molecule has 0 spiro atoms. The molecule has 0 aromatic heterocycles. The van der Waals surface area contributed by atoms with Crippen LogP contribution in [-0.2, 0) is 13.2 Å². The quantitative estimate of drug-likeness (QED) is 0.583. The molecule has 0 aliphatic carbocycles. The molecule has 0 bridgehead atoms. The molecule has 0 atom stereocenters. The topological polar surface area (TPSA) is 41.5 Å². The number of halogens is 1. The molecule has 0 saturated carbocycles. The van der Waals surface area contributed by atoms with Crippen LogP contribution in [0.3, 0.4) is 0 Å². The predicted octanol–water partition coefficient (Wildman–Crippen LogP) is 4.54. The minimum Gasteiger partial charge on any atom is -0.488 e. The van der Waals surface area contributed by atoms with Crippen LogP contribution < -0.4 is 10.1 Å². The van der Waals surface area contributed by atoms with Crippen LogP contribution in [0.4, 0.5) is 0 Å². The molecule has 3 aromatic carbocycles. The van der Waals surface area contributed by atoms with E-state index in [1.54, 1.807) is 0 Å². The number of nitrogens with one attached hydrogen (secondary N) is 1. The fraction of sp³-hybridized carbons (Fsp3) is 0.238. The number of rotatable bonds is 8. The minimum atomic E-state index is 0.193. The van der Waals surface area contributed by atoms with Crippen molar-refractivity contribution in [3.8, 4) is 5.75 Å². The molecule has 3 rings (SSSR count). The van der Waals surface area contributed by atoms with Gasteiger partial charge in [0.05, 0.1) is 0 Å². The lowest BCUT2D eigenvalue weighted by molar-refractivity contribution is 0.285. The number of ether oxygens (including phenoxy) is 1. The van der Waals surface area contributed by atoms with Gasteiger partial charge in [0, 0.05) is 29.3 Å². The van der Waals surface area contributed by atoms with Crippen molar-refractivity contribution in [2.24, 2.45) is 0 Å². The Bertz CT molecular complexity index is 835. The Labute approximate surface area is 153 Å². The number of hydrogen-bond acceptors (Lipinski definition) is 3. The summed E-state index contributed by atoms with van der Waals surface area (Å²) in [7, 11) is 0. The number of fused-ring (bicyclic) bond motifs is 1. The standard InChI is InChI=1S/C21H22ClNO2/c22-20-9-4-2-7-17(20)15-25-21-11-10-16-6-1-3-8-18(16)19(21)14-23-12-5-13-24/h1-4,6-11,23-24H,5,12-15H2. The molecule has 4 heteroatoms. The molecular weight excluding hydrogens is 334 g/mol. The van der Waals surface area contributed by atoms with E-state index in [1.165, 1.54) is 10.8 Å². The van der Waals surface area contributed by atoms with Crippen LogP contribution in [0.15, 0.2) is 60.7 Å². The van der Waals surface area contributed by atoms with Gasteiger partial charge in [-0.15, -0.1) is 0 Å². The second-order valence-corrected chi connectivity index (χ2v) is 6.30. The van der Waals surface area contributed by atoms with Crippen molar-refractivity contribution in [2.75, 3.05) is 13.2 Å². The summed E-state index contributed by atoms with van der Waals surface area (Å²) in [5.41, 5.74) is 2.10. The van der Waals surface area contributed by atoms with Crippen LogP contribution >= 0.6 is 11.6 Å². The highest BCUT2D eigenvalue weighted by molar-refractivity contribution is 6.31. The third kappa shape index (κ3) is 4.51.